The molecule has 20 heteroatoms. The van der Waals surface area contributed by atoms with Gasteiger partial charge in [0, 0.05) is 43.8 Å². The van der Waals surface area contributed by atoms with E-state index in [1.165, 1.54) is 23.4 Å². The summed E-state index contributed by atoms with van der Waals surface area (Å²) in [5.74, 6) is -1.50. The maximum absolute atomic E-state index is 14.4. The molecule has 6 amide bonds. The van der Waals surface area contributed by atoms with Gasteiger partial charge in [0.1, 0.15) is 18.6 Å². The van der Waals surface area contributed by atoms with Crippen LogP contribution in [0.4, 0.5) is 15.6 Å². The molecule has 2 aliphatic rings. The Morgan fingerprint density at radius 2 is 1.78 bits per heavy atom. The second-order valence-electron chi connectivity index (χ2n) is 17.7. The molecule has 1 unspecified atom stereocenters. The predicted molar refractivity (Wildman–Crippen MR) is 259 cm³/mol. The van der Waals surface area contributed by atoms with E-state index in [0.717, 1.165) is 59.3 Å². The summed E-state index contributed by atoms with van der Waals surface area (Å²) in [7, 11) is -3.60. The van der Waals surface area contributed by atoms with Crippen LogP contribution in [0.2, 0.25) is 0 Å². The zero-order valence-corrected chi connectivity index (χ0v) is 40.1. The summed E-state index contributed by atoms with van der Waals surface area (Å²) >= 11 is 2.71. The number of nitrogens with zero attached hydrogens (tertiary/aromatic N) is 5. The number of aliphatic hydroxyl groups excluding tert-OH is 1. The first-order valence-electron chi connectivity index (χ1n) is 21.4. The summed E-state index contributed by atoms with van der Waals surface area (Å²) in [6, 6.07) is 16.3. The van der Waals surface area contributed by atoms with E-state index in [0.29, 0.717) is 18.5 Å². The van der Waals surface area contributed by atoms with Gasteiger partial charge in [0.15, 0.2) is 5.13 Å². The summed E-state index contributed by atoms with van der Waals surface area (Å²) in [5, 5.41) is 24.3. The number of benzene rings is 2. The molecule has 17 nitrogen and oxygen atoms in total. The number of hydrogen-bond donors (Lipinski definition) is 5. The number of carbonyl (C=O) groups is 5. The van der Waals surface area contributed by atoms with E-state index >= 15 is 0 Å². The lowest BCUT2D eigenvalue weighted by atomic mass is 9.74. The zero-order valence-electron chi connectivity index (χ0n) is 37.6. The summed E-state index contributed by atoms with van der Waals surface area (Å²) in [4.78, 5) is 79.8. The summed E-state index contributed by atoms with van der Waals surface area (Å²) in [6.07, 6.45) is 9.27. The highest BCUT2D eigenvalue weighted by Gasteiger charge is 2.45. The molecule has 2 aromatic carbocycles. The first-order chi connectivity index (χ1) is 31.8. The van der Waals surface area contributed by atoms with Crippen molar-refractivity contribution in [1.82, 2.24) is 34.8 Å². The fourth-order valence-electron chi connectivity index (χ4n) is 8.05. The van der Waals surface area contributed by atoms with Crippen LogP contribution in [0.3, 0.4) is 0 Å². The number of allylic oxidation sites excluding steroid dienone is 3. The third kappa shape index (κ3) is 11.6. The molecule has 352 valence electrons. The van der Waals surface area contributed by atoms with Gasteiger partial charge in [-0.25, -0.2) is 23.2 Å². The molecule has 0 spiro atoms. The van der Waals surface area contributed by atoms with Gasteiger partial charge >= 0.3 is 6.03 Å². The molecule has 4 heterocycles. The molecule has 0 radical (unpaired) electrons. The van der Waals surface area contributed by atoms with Crippen molar-refractivity contribution in [2.45, 2.75) is 70.7 Å². The van der Waals surface area contributed by atoms with Gasteiger partial charge in [-0.3, -0.25) is 23.2 Å². The number of carbonyl (C=O) groups excluding carboxylic acids is 5. The minimum atomic E-state index is -3.60. The lowest BCUT2D eigenvalue weighted by molar-refractivity contribution is -0.142. The highest BCUT2D eigenvalue weighted by molar-refractivity contribution is 7.89. The normalized spacial score (nSPS) is 18.7. The van der Waals surface area contributed by atoms with Crippen LogP contribution in [0.1, 0.15) is 56.1 Å². The number of likely N-dealkylation sites (tertiary alicyclic amines) is 1. The van der Waals surface area contributed by atoms with Crippen LogP contribution < -0.4 is 26.2 Å². The van der Waals surface area contributed by atoms with Crippen molar-refractivity contribution in [1.29, 1.82) is 0 Å². The quantitative estimate of drug-likeness (QED) is 0.0827. The van der Waals surface area contributed by atoms with Gasteiger partial charge in [-0.2, -0.15) is 0 Å². The maximum atomic E-state index is 14.4. The maximum Gasteiger partial charge on any atom is 0.315 e. The Morgan fingerprint density at radius 3 is 2.43 bits per heavy atom. The number of nitrogens with one attached hydrogen (secondary N) is 4. The van der Waals surface area contributed by atoms with Crippen LogP contribution in [0, 0.1) is 12.3 Å². The molecule has 5 aromatic rings. The number of rotatable bonds is 16. The van der Waals surface area contributed by atoms with Crippen molar-refractivity contribution in [3.8, 4) is 10.4 Å². The van der Waals surface area contributed by atoms with Gasteiger partial charge < -0.3 is 36.2 Å². The van der Waals surface area contributed by atoms with Gasteiger partial charge in [-0.1, -0.05) is 93.6 Å². The topological polar surface area (TPSA) is 225 Å². The van der Waals surface area contributed by atoms with E-state index in [4.69, 9.17) is 4.98 Å². The Kier molecular flexibility index (Phi) is 14.6. The average molecular weight is 968 g/mol. The molecule has 4 atom stereocenters. The standard InChI is InChI=1S/C47H53N9O8S3/c1-30-40(66-28-50-30)33-15-13-31(14-16-33)22-48-42(60)37-20-36(58)24-56(37)43(61)41(46(2,3)4)53-44(62)49-27-47(18-9-12-34(21-47)32-10-7-6-8-11-32)38-26-65-45(51-38)52-39(59)25-54(29-57)35-17-19-55(23-35)67(5,63)64/h6-19,23,26,28-29,36-37,41,58H,20-22,24-25,27H2,1-5H3,(H,48,60)(H2,49,53,62)(H,51,52,59)/t36-,37+,41-,47?/m1/s1. The number of β-amino-alcohol motifs (C(OH)–C–C–N with tert-alkyl or cyclic N) is 1. The number of aromatic nitrogens is 3. The number of amides is 6. The van der Waals surface area contributed by atoms with E-state index in [-0.39, 0.29) is 36.9 Å². The third-order valence-corrected chi connectivity index (χ3v) is 14.4. The minimum Gasteiger partial charge on any atom is -0.391 e. The number of anilines is 2. The summed E-state index contributed by atoms with van der Waals surface area (Å²) in [6.45, 7) is 7.12. The largest absolute Gasteiger partial charge is 0.391 e. The van der Waals surface area contributed by atoms with E-state index in [1.807, 2.05) is 101 Å². The highest BCUT2D eigenvalue weighted by Crippen LogP contribution is 2.40. The zero-order chi connectivity index (χ0) is 48.1. The molecule has 1 aliphatic carbocycles. The second-order valence-corrected chi connectivity index (χ2v) is 21.3. The first-order valence-corrected chi connectivity index (χ1v) is 25.0. The lowest BCUT2D eigenvalue weighted by Crippen LogP contribution is -2.59. The molecular weight excluding hydrogens is 915 g/mol. The van der Waals surface area contributed by atoms with Crippen molar-refractivity contribution >= 4 is 79.3 Å². The van der Waals surface area contributed by atoms with Crippen molar-refractivity contribution in [3.05, 3.63) is 125 Å². The molecule has 1 saturated heterocycles. The van der Waals surface area contributed by atoms with Crippen LogP contribution in [0.25, 0.3) is 16.0 Å². The van der Waals surface area contributed by atoms with Gasteiger partial charge in [-0.15, -0.1) is 22.7 Å². The summed E-state index contributed by atoms with van der Waals surface area (Å²) < 4.78 is 24.9. The van der Waals surface area contributed by atoms with Crippen LogP contribution in [-0.2, 0) is 41.2 Å². The van der Waals surface area contributed by atoms with Crippen LogP contribution in [-0.4, -0.2) is 107 Å². The van der Waals surface area contributed by atoms with Gasteiger partial charge in [0.2, 0.25) is 34.2 Å². The Morgan fingerprint density at radius 1 is 1.03 bits per heavy atom. The molecule has 0 bridgehead atoms. The van der Waals surface area contributed by atoms with Crippen LogP contribution >= 0.6 is 22.7 Å². The van der Waals surface area contributed by atoms with Gasteiger partial charge in [0.25, 0.3) is 0 Å². The van der Waals surface area contributed by atoms with Crippen molar-refractivity contribution in [2.24, 2.45) is 5.41 Å². The summed E-state index contributed by atoms with van der Waals surface area (Å²) in [5.41, 5.74) is 5.57. The minimum absolute atomic E-state index is 0.0240. The molecule has 1 aliphatic heterocycles. The number of aliphatic hydroxyl groups is 1. The molecular formula is C47H53N9O8S3. The number of hydrogen-bond acceptors (Lipinski definition) is 12. The average Bonchev–Trinajstić information content (AvgIpc) is 4.14. The fraction of sp³-hybridized carbons (Fsp3) is 0.340. The van der Waals surface area contributed by atoms with E-state index in [9.17, 15) is 37.5 Å². The van der Waals surface area contributed by atoms with Crippen molar-refractivity contribution in [2.75, 3.05) is 36.1 Å². The van der Waals surface area contributed by atoms with Gasteiger partial charge in [-0.05, 0) is 47.1 Å². The first kappa shape index (κ1) is 48.5. The second kappa shape index (κ2) is 20.2. The smallest absolute Gasteiger partial charge is 0.315 e. The molecule has 3 aromatic heterocycles. The molecule has 7 rings (SSSR count). The van der Waals surface area contributed by atoms with E-state index in [1.54, 1.807) is 22.2 Å². The van der Waals surface area contributed by atoms with Crippen molar-refractivity contribution in [3.63, 3.8) is 0 Å². The number of thiazole rings is 2. The van der Waals surface area contributed by atoms with Crippen molar-refractivity contribution < 1.29 is 37.5 Å². The Balaban J connectivity index is 1.03. The molecule has 67 heavy (non-hydrogen) atoms. The molecule has 1 fully saturated rings. The number of urea groups is 1. The predicted octanol–water partition coefficient (Wildman–Crippen LogP) is 5.06. The monoisotopic (exact) mass is 967 g/mol. The molecule has 5 N–H and O–H groups in total. The Hall–Kier alpha value is -6.48. The Bertz CT molecular complexity index is 2790. The fourth-order valence-corrected chi connectivity index (χ4v) is 10.3. The SMILES string of the molecule is Cc1ncsc1-c1ccc(CNC(=O)[C@@H]2C[C@@H](O)CN2C(=O)[C@@H](NC(=O)NCC2(c3csc(NC(=O)CN(C=O)c4ccn(S(C)(=O)=O)c4)n3)C=CC=C(c3ccccc3)C2)C(C)(C)C)cc1. The van der Waals surface area contributed by atoms with Crippen LogP contribution in [0.5, 0.6) is 0 Å². The van der Waals surface area contributed by atoms with Crippen LogP contribution in [0.15, 0.2) is 102 Å². The Labute approximate surface area is 397 Å². The number of aryl methyl sites for hydroxylation is 1. The lowest BCUT2D eigenvalue weighted by Gasteiger charge is -2.36. The van der Waals surface area contributed by atoms with E-state index < -0.39 is 69.3 Å². The molecule has 0 saturated carbocycles. The third-order valence-electron chi connectivity index (χ3n) is 11.7. The van der Waals surface area contributed by atoms with Gasteiger partial charge in [0.05, 0.1) is 45.2 Å². The van der Waals surface area contributed by atoms with E-state index in [2.05, 4.69) is 26.3 Å². The highest BCUT2D eigenvalue weighted by atomic mass is 32.2.